The molecule has 0 bridgehead atoms. The Labute approximate surface area is 125 Å². The molecule has 0 saturated carbocycles. The number of nitriles is 1. The van der Waals surface area contributed by atoms with Gasteiger partial charge in [0.05, 0.1) is 17.7 Å². The summed E-state index contributed by atoms with van der Waals surface area (Å²) in [7, 11) is 1.74. The number of aldehydes is 1. The maximum atomic E-state index is 10.6. The fraction of sp³-hybridized carbons (Fsp3) is 0.529. The Morgan fingerprint density at radius 3 is 2.15 bits per heavy atom. The minimum atomic E-state index is -0.177. The molecule has 20 heavy (non-hydrogen) atoms. The van der Waals surface area contributed by atoms with E-state index in [4.69, 9.17) is 5.26 Å². The Hall–Kier alpha value is -1.66. The average Bonchev–Trinajstić information content (AvgIpc) is 2.58. The molecular weight excluding hydrogens is 248 g/mol. The molecule has 1 unspecified atom stereocenters. The zero-order valence-electron chi connectivity index (χ0n) is 14.0. The van der Waals surface area contributed by atoms with Crippen LogP contribution in [0.15, 0.2) is 24.3 Å². The molecule has 0 aliphatic heterocycles. The van der Waals surface area contributed by atoms with E-state index in [1.807, 2.05) is 53.7 Å². The van der Waals surface area contributed by atoms with Crippen LogP contribution in [0.2, 0.25) is 0 Å². The lowest BCUT2D eigenvalue weighted by Gasteiger charge is -2.08. The molecule has 0 aliphatic carbocycles. The molecule has 1 N–H and O–H groups in total. The molecule has 0 spiro atoms. The predicted molar refractivity (Wildman–Crippen MR) is 87.8 cm³/mol. The van der Waals surface area contributed by atoms with Gasteiger partial charge in [-0.1, -0.05) is 53.7 Å². The first kappa shape index (κ1) is 23.4. The summed E-state index contributed by atoms with van der Waals surface area (Å²) < 4.78 is 0. The SMILES string of the molecule is CC.CC.CC.CNC(C=O)Cc1cccc(C#N)c1. The van der Waals surface area contributed by atoms with Crippen LogP contribution in [0.3, 0.4) is 0 Å². The predicted octanol–water partition coefficient (Wildman–Crippen LogP) is 3.97. The van der Waals surface area contributed by atoms with Crippen molar-refractivity contribution in [1.29, 1.82) is 5.26 Å². The van der Waals surface area contributed by atoms with E-state index in [0.717, 1.165) is 11.8 Å². The van der Waals surface area contributed by atoms with Gasteiger partial charge in [0.1, 0.15) is 6.29 Å². The summed E-state index contributed by atoms with van der Waals surface area (Å²) >= 11 is 0. The molecule has 3 heteroatoms. The van der Waals surface area contributed by atoms with Crippen molar-refractivity contribution < 1.29 is 4.79 Å². The van der Waals surface area contributed by atoms with E-state index in [2.05, 4.69) is 11.4 Å². The van der Waals surface area contributed by atoms with Crippen molar-refractivity contribution in [2.45, 2.75) is 54.0 Å². The highest BCUT2D eigenvalue weighted by Gasteiger charge is 2.05. The Balaban J connectivity index is -0.000000425. The number of carbonyl (C=O) groups is 1. The zero-order valence-corrected chi connectivity index (χ0v) is 14.0. The summed E-state index contributed by atoms with van der Waals surface area (Å²) in [6.07, 6.45) is 1.49. The Kier molecular flexibility index (Phi) is 23.1. The van der Waals surface area contributed by atoms with Crippen LogP contribution in [-0.4, -0.2) is 19.4 Å². The highest BCUT2D eigenvalue weighted by molar-refractivity contribution is 5.58. The lowest BCUT2D eigenvalue weighted by atomic mass is 10.0. The number of nitrogens with one attached hydrogen (secondary N) is 1. The minimum absolute atomic E-state index is 0.177. The first-order valence-corrected chi connectivity index (χ1v) is 7.41. The third-order valence-corrected chi connectivity index (χ3v) is 2.05. The molecule has 0 aromatic heterocycles. The number of hydrogen-bond acceptors (Lipinski definition) is 3. The van der Waals surface area contributed by atoms with Gasteiger partial charge in [0, 0.05) is 0 Å². The van der Waals surface area contributed by atoms with Gasteiger partial charge in [-0.25, -0.2) is 0 Å². The number of hydrogen-bond donors (Lipinski definition) is 1. The largest absolute Gasteiger partial charge is 0.311 e. The Morgan fingerprint density at radius 1 is 1.20 bits per heavy atom. The lowest BCUT2D eigenvalue weighted by molar-refractivity contribution is -0.109. The van der Waals surface area contributed by atoms with Gasteiger partial charge in [0.2, 0.25) is 0 Å². The maximum Gasteiger partial charge on any atom is 0.137 e. The van der Waals surface area contributed by atoms with Crippen molar-refractivity contribution in [2.24, 2.45) is 0 Å². The van der Waals surface area contributed by atoms with Crippen LogP contribution in [0.4, 0.5) is 0 Å². The Morgan fingerprint density at radius 2 is 1.75 bits per heavy atom. The number of nitrogens with zero attached hydrogens (tertiary/aromatic N) is 1. The van der Waals surface area contributed by atoms with Crippen LogP contribution in [0, 0.1) is 11.3 Å². The van der Waals surface area contributed by atoms with Crippen LogP contribution in [0.5, 0.6) is 0 Å². The van der Waals surface area contributed by atoms with E-state index < -0.39 is 0 Å². The molecule has 0 heterocycles. The van der Waals surface area contributed by atoms with E-state index in [-0.39, 0.29) is 6.04 Å². The number of carbonyl (C=O) groups excluding carboxylic acids is 1. The molecule has 114 valence electrons. The summed E-state index contributed by atoms with van der Waals surface area (Å²) in [6.45, 7) is 12.0. The Bertz CT molecular complexity index is 356. The molecule has 3 nitrogen and oxygen atoms in total. The van der Waals surface area contributed by atoms with Crippen molar-refractivity contribution in [3.8, 4) is 6.07 Å². The molecule has 0 fully saturated rings. The molecule has 1 aromatic carbocycles. The normalized spacial score (nSPS) is 9.10. The van der Waals surface area contributed by atoms with Gasteiger partial charge < -0.3 is 10.1 Å². The van der Waals surface area contributed by atoms with Gasteiger partial charge in [-0.3, -0.25) is 0 Å². The smallest absolute Gasteiger partial charge is 0.137 e. The highest BCUT2D eigenvalue weighted by atomic mass is 16.1. The van der Waals surface area contributed by atoms with Gasteiger partial charge in [0.25, 0.3) is 0 Å². The second-order valence-corrected chi connectivity index (χ2v) is 3.05. The van der Waals surface area contributed by atoms with Crippen LogP contribution in [0.1, 0.15) is 52.7 Å². The highest BCUT2D eigenvalue weighted by Crippen LogP contribution is 2.06. The molecule has 0 aliphatic rings. The summed E-state index contributed by atoms with van der Waals surface area (Å²) in [5.74, 6) is 0. The number of rotatable bonds is 4. The van der Waals surface area contributed by atoms with Crippen LogP contribution in [0.25, 0.3) is 0 Å². The third-order valence-electron chi connectivity index (χ3n) is 2.05. The molecule has 0 amide bonds. The average molecular weight is 278 g/mol. The quantitative estimate of drug-likeness (QED) is 0.848. The van der Waals surface area contributed by atoms with Gasteiger partial charge >= 0.3 is 0 Å². The second-order valence-electron chi connectivity index (χ2n) is 3.05. The van der Waals surface area contributed by atoms with E-state index in [0.29, 0.717) is 12.0 Å². The summed E-state index contributed by atoms with van der Waals surface area (Å²) in [5.41, 5.74) is 1.62. The topological polar surface area (TPSA) is 52.9 Å². The zero-order chi connectivity index (χ0) is 16.4. The van der Waals surface area contributed by atoms with Crippen molar-refractivity contribution >= 4 is 6.29 Å². The van der Waals surface area contributed by atoms with E-state index >= 15 is 0 Å². The molecule has 1 atom stereocenters. The van der Waals surface area contributed by atoms with Crippen LogP contribution >= 0.6 is 0 Å². The van der Waals surface area contributed by atoms with E-state index in [1.54, 1.807) is 19.2 Å². The lowest BCUT2D eigenvalue weighted by Crippen LogP contribution is -2.28. The summed E-state index contributed by atoms with van der Waals surface area (Å²) in [6, 6.07) is 9.18. The number of likely N-dealkylation sites (N-methyl/N-ethyl adjacent to an activating group) is 1. The third kappa shape index (κ3) is 11.4. The molecule has 0 radical (unpaired) electrons. The first-order valence-electron chi connectivity index (χ1n) is 7.41. The summed E-state index contributed by atoms with van der Waals surface area (Å²) in [4.78, 5) is 10.6. The van der Waals surface area contributed by atoms with Gasteiger partial charge in [-0.2, -0.15) is 5.26 Å². The molecule has 0 saturated heterocycles. The van der Waals surface area contributed by atoms with Gasteiger partial charge in [-0.15, -0.1) is 0 Å². The van der Waals surface area contributed by atoms with Crippen molar-refractivity contribution in [1.82, 2.24) is 5.32 Å². The standard InChI is InChI=1S/C11H12N2O.3C2H6/c1-13-11(8-14)6-9-3-2-4-10(5-9)7-12;3*1-2/h2-5,8,11,13H,6H2,1H3;3*1-2H3. The van der Waals surface area contributed by atoms with Gasteiger partial charge in [0.15, 0.2) is 0 Å². The van der Waals surface area contributed by atoms with Crippen molar-refractivity contribution in [3.63, 3.8) is 0 Å². The fourth-order valence-electron chi connectivity index (χ4n) is 1.24. The fourth-order valence-corrected chi connectivity index (χ4v) is 1.24. The molecule has 1 rings (SSSR count). The monoisotopic (exact) mass is 278 g/mol. The first-order chi connectivity index (χ1) is 9.80. The minimum Gasteiger partial charge on any atom is -0.311 e. The van der Waals surface area contributed by atoms with Crippen molar-refractivity contribution in [3.05, 3.63) is 35.4 Å². The second kappa shape index (κ2) is 19.7. The number of benzene rings is 1. The van der Waals surface area contributed by atoms with Crippen LogP contribution in [-0.2, 0) is 11.2 Å². The van der Waals surface area contributed by atoms with Crippen molar-refractivity contribution in [2.75, 3.05) is 7.05 Å². The van der Waals surface area contributed by atoms with Crippen LogP contribution < -0.4 is 5.32 Å². The molecular formula is C17H30N2O. The van der Waals surface area contributed by atoms with Gasteiger partial charge in [-0.05, 0) is 31.2 Å². The molecule has 1 aromatic rings. The van der Waals surface area contributed by atoms with E-state index in [9.17, 15) is 4.79 Å². The maximum absolute atomic E-state index is 10.6. The van der Waals surface area contributed by atoms with E-state index in [1.165, 1.54) is 0 Å². The summed E-state index contributed by atoms with van der Waals surface area (Å²) in [5, 5.41) is 11.6.